The van der Waals surface area contributed by atoms with Crippen molar-refractivity contribution in [3.05, 3.63) is 0 Å². The van der Waals surface area contributed by atoms with E-state index in [1.165, 1.54) is 0 Å². The van der Waals surface area contributed by atoms with Crippen molar-refractivity contribution in [1.29, 1.82) is 0 Å². The van der Waals surface area contributed by atoms with E-state index in [-0.39, 0.29) is 46.5 Å². The van der Waals surface area contributed by atoms with Gasteiger partial charge in [0.05, 0.1) is 0 Å². The van der Waals surface area contributed by atoms with Gasteiger partial charge in [0, 0.05) is 0 Å². The Bertz CT molecular complexity index is 114. The van der Waals surface area contributed by atoms with Gasteiger partial charge in [-0.1, -0.05) is 4.33 Å². The van der Waals surface area contributed by atoms with E-state index in [2.05, 4.69) is 4.33 Å². The molecule has 0 radical (unpaired) electrons. The number of halogens is 1. The van der Waals surface area contributed by atoms with E-state index in [0.29, 0.717) is 0 Å². The molecule has 0 amide bonds. The average molecular weight is 217 g/mol. The zero-order valence-corrected chi connectivity index (χ0v) is 8.31. The van der Waals surface area contributed by atoms with Crippen LogP contribution in [0, 0.1) is 0 Å². The van der Waals surface area contributed by atoms with Crippen LogP contribution < -0.4 is 46.5 Å². The maximum absolute atomic E-state index is 9.08. The molecule has 0 rings (SSSR count). The van der Waals surface area contributed by atoms with E-state index in [4.69, 9.17) is 18.2 Å². The normalized spacial score (nSPS) is 8.75. The fraction of sp³-hybridized carbons (Fsp3) is 0. The fourth-order valence-corrected chi connectivity index (χ4v) is 0. The molecule has 0 bridgehead atoms. The SMILES string of the molecule is O=S(=O)(O)OO.[Br-].[Na+]. The first kappa shape index (κ1) is 16.1. The van der Waals surface area contributed by atoms with E-state index >= 15 is 0 Å². The summed E-state index contributed by atoms with van der Waals surface area (Å²) in [7, 11) is -4.61. The molecule has 0 aromatic carbocycles. The summed E-state index contributed by atoms with van der Waals surface area (Å²) in [4.78, 5) is 0. The Labute approximate surface area is 79.0 Å². The van der Waals surface area contributed by atoms with Gasteiger partial charge in [0.1, 0.15) is 0 Å². The van der Waals surface area contributed by atoms with Crippen LogP contribution in [0.15, 0.2) is 0 Å². The van der Waals surface area contributed by atoms with Crippen molar-refractivity contribution in [3.63, 3.8) is 0 Å². The molecule has 0 spiro atoms. The van der Waals surface area contributed by atoms with Crippen molar-refractivity contribution in [1.82, 2.24) is 0 Å². The topological polar surface area (TPSA) is 83.8 Å². The Hall–Kier alpha value is 1.31. The summed E-state index contributed by atoms with van der Waals surface area (Å²) in [5.74, 6) is 0. The molecular weight excluding hydrogens is 215 g/mol. The van der Waals surface area contributed by atoms with Crippen LogP contribution in [0.4, 0.5) is 0 Å². The summed E-state index contributed by atoms with van der Waals surface area (Å²) in [6, 6.07) is 0. The van der Waals surface area contributed by atoms with Crippen LogP contribution >= 0.6 is 0 Å². The maximum Gasteiger partial charge on any atom is 1.00 e. The number of hydrogen-bond acceptors (Lipinski definition) is 4. The van der Waals surface area contributed by atoms with Crippen LogP contribution in [0.5, 0.6) is 0 Å². The van der Waals surface area contributed by atoms with Crippen LogP contribution in [-0.4, -0.2) is 18.2 Å². The average Bonchev–Trinajstić information content (AvgIpc) is 1.35. The first-order valence-corrected chi connectivity index (χ1v) is 2.23. The maximum atomic E-state index is 9.08. The number of hydrogen-bond donors (Lipinski definition) is 2. The van der Waals surface area contributed by atoms with Crippen molar-refractivity contribution in [3.8, 4) is 0 Å². The Morgan fingerprint density at radius 3 is 1.50 bits per heavy atom. The number of rotatable bonds is 1. The van der Waals surface area contributed by atoms with Crippen LogP contribution in [0.25, 0.3) is 0 Å². The zero-order chi connectivity index (χ0) is 5.21. The molecule has 0 aliphatic heterocycles. The zero-order valence-electron chi connectivity index (χ0n) is 3.91. The van der Waals surface area contributed by atoms with Gasteiger partial charge in [-0.05, 0) is 0 Å². The van der Waals surface area contributed by atoms with Crippen molar-refractivity contribution >= 4 is 10.4 Å². The van der Waals surface area contributed by atoms with Crippen LogP contribution in [0.3, 0.4) is 0 Å². The largest absolute Gasteiger partial charge is 1.00 e. The molecule has 0 atom stereocenters. The van der Waals surface area contributed by atoms with Crippen LogP contribution in [0.1, 0.15) is 0 Å². The molecule has 0 aromatic rings. The Morgan fingerprint density at radius 1 is 1.38 bits per heavy atom. The van der Waals surface area contributed by atoms with E-state index < -0.39 is 10.4 Å². The summed E-state index contributed by atoms with van der Waals surface area (Å²) >= 11 is 0. The predicted octanol–water partition coefficient (Wildman–Crippen LogP) is -6.71. The molecule has 8 heavy (non-hydrogen) atoms. The second kappa shape index (κ2) is 6.43. The minimum Gasteiger partial charge on any atom is -1.00 e. The van der Waals surface area contributed by atoms with Gasteiger partial charge < -0.3 is 17.0 Å². The predicted molar refractivity (Wildman–Crippen MR) is 15.3 cm³/mol. The molecule has 0 unspecified atom stereocenters. The van der Waals surface area contributed by atoms with E-state index in [1.807, 2.05) is 0 Å². The summed E-state index contributed by atoms with van der Waals surface area (Å²) in [6.45, 7) is 0. The smallest absolute Gasteiger partial charge is 1.00 e. The molecule has 0 aromatic heterocycles. The Balaban J connectivity index is -0.000000125. The second-order valence-electron chi connectivity index (χ2n) is 0.502. The van der Waals surface area contributed by atoms with Crippen molar-refractivity contribution < 1.29 is 69.1 Å². The minimum atomic E-state index is -4.61. The molecular formula is H2BrNaO5S. The monoisotopic (exact) mass is 216 g/mol. The van der Waals surface area contributed by atoms with E-state index in [9.17, 15) is 0 Å². The van der Waals surface area contributed by atoms with Gasteiger partial charge in [0.15, 0.2) is 0 Å². The summed E-state index contributed by atoms with van der Waals surface area (Å²) in [5, 5.41) is 7.06. The molecule has 8 heteroatoms. The van der Waals surface area contributed by atoms with Crippen molar-refractivity contribution in [2.45, 2.75) is 0 Å². The summed E-state index contributed by atoms with van der Waals surface area (Å²) < 4.78 is 28.0. The molecule has 0 saturated carbocycles. The standard InChI is InChI=1S/BrH.Na.H2O5S/c;;1-5-6(2,3)4/h1H;;1H,(H,2,3,4)/q;+1;/p-1. The molecule has 0 heterocycles. The summed E-state index contributed by atoms with van der Waals surface area (Å²) in [5.41, 5.74) is 0. The quantitative estimate of drug-likeness (QED) is 0.197. The fourth-order valence-electron chi connectivity index (χ4n) is 0. The first-order valence-electron chi connectivity index (χ1n) is 0.865. The minimum absolute atomic E-state index is 0. The van der Waals surface area contributed by atoms with Gasteiger partial charge in [-0.3, -0.25) is 4.55 Å². The van der Waals surface area contributed by atoms with Crippen molar-refractivity contribution in [2.24, 2.45) is 0 Å². The molecule has 46 valence electrons. The molecule has 0 fully saturated rings. The third-order valence-corrected chi connectivity index (χ3v) is 0.283. The Morgan fingerprint density at radius 2 is 1.50 bits per heavy atom. The van der Waals surface area contributed by atoms with Gasteiger partial charge in [0.2, 0.25) is 0 Å². The molecule has 0 aliphatic rings. The Kier molecular flexibility index (Phi) is 13.0. The molecule has 5 nitrogen and oxygen atoms in total. The first-order chi connectivity index (χ1) is 2.56. The van der Waals surface area contributed by atoms with Gasteiger partial charge in [-0.25, -0.2) is 5.26 Å². The van der Waals surface area contributed by atoms with Gasteiger partial charge in [-0.2, -0.15) is 8.42 Å². The van der Waals surface area contributed by atoms with Gasteiger partial charge >= 0.3 is 40.0 Å². The molecule has 0 saturated heterocycles. The third-order valence-electron chi connectivity index (χ3n) is 0.0942. The van der Waals surface area contributed by atoms with Gasteiger partial charge in [-0.15, -0.1) is 0 Å². The second-order valence-corrected chi connectivity index (χ2v) is 1.51. The molecule has 2 N–H and O–H groups in total. The third kappa shape index (κ3) is 15.7. The van der Waals surface area contributed by atoms with E-state index in [0.717, 1.165) is 0 Å². The van der Waals surface area contributed by atoms with Crippen LogP contribution in [0.2, 0.25) is 0 Å². The van der Waals surface area contributed by atoms with Gasteiger partial charge in [0.25, 0.3) is 0 Å². The summed E-state index contributed by atoms with van der Waals surface area (Å²) in [6.07, 6.45) is 0. The van der Waals surface area contributed by atoms with Crippen LogP contribution in [-0.2, 0) is 14.7 Å². The van der Waals surface area contributed by atoms with Crippen molar-refractivity contribution in [2.75, 3.05) is 0 Å². The molecule has 0 aliphatic carbocycles. The van der Waals surface area contributed by atoms with E-state index in [1.54, 1.807) is 0 Å².